The molecule has 0 aliphatic heterocycles. The average molecular weight is 168 g/mol. The first-order valence-electron chi connectivity index (χ1n) is 4.44. The highest BCUT2D eigenvalue weighted by atomic mass is 15.2. The van der Waals surface area contributed by atoms with E-state index in [1.807, 2.05) is 6.92 Å². The molecule has 0 saturated carbocycles. The molecule has 0 saturated heterocycles. The zero-order valence-electron chi connectivity index (χ0n) is 7.67. The van der Waals surface area contributed by atoms with Gasteiger partial charge in [0.25, 0.3) is 0 Å². The average Bonchev–Trinajstić information content (AvgIpc) is 2.52. The van der Waals surface area contributed by atoms with Crippen LogP contribution in [0.25, 0.3) is 0 Å². The van der Waals surface area contributed by atoms with Crippen LogP contribution in [0.1, 0.15) is 44.4 Å². The van der Waals surface area contributed by atoms with Crippen LogP contribution in [-0.4, -0.2) is 15.2 Å². The number of hydrogen-bond donors (Lipinski definition) is 2. The molecule has 68 valence electrons. The fourth-order valence-corrected chi connectivity index (χ4v) is 1.07. The number of aromatic amines is 1. The van der Waals surface area contributed by atoms with E-state index in [0.717, 1.165) is 30.9 Å². The summed E-state index contributed by atoms with van der Waals surface area (Å²) >= 11 is 0. The Morgan fingerprint density at radius 3 is 2.75 bits per heavy atom. The minimum atomic E-state index is -0.00782. The number of nitrogens with two attached hydrogens (primary N) is 1. The second-order valence-electron chi connectivity index (χ2n) is 2.89. The van der Waals surface area contributed by atoms with E-state index < -0.39 is 0 Å². The molecule has 1 heterocycles. The summed E-state index contributed by atoms with van der Waals surface area (Å²) in [7, 11) is 0. The zero-order valence-corrected chi connectivity index (χ0v) is 7.67. The second-order valence-corrected chi connectivity index (χ2v) is 2.89. The molecule has 0 bridgehead atoms. The van der Waals surface area contributed by atoms with Gasteiger partial charge in [-0.25, -0.2) is 4.98 Å². The summed E-state index contributed by atoms with van der Waals surface area (Å²) in [6.45, 7) is 4.14. The molecule has 0 aliphatic rings. The maximum Gasteiger partial charge on any atom is 0.167 e. The Kier molecular flexibility index (Phi) is 3.22. The number of aryl methyl sites for hydroxylation is 1. The number of nitrogens with one attached hydrogen (secondary N) is 1. The van der Waals surface area contributed by atoms with Gasteiger partial charge in [0.2, 0.25) is 0 Å². The molecule has 0 aliphatic carbocycles. The molecule has 1 rings (SSSR count). The van der Waals surface area contributed by atoms with Gasteiger partial charge in [-0.15, -0.1) is 0 Å². The Balaban J connectivity index is 2.61. The van der Waals surface area contributed by atoms with E-state index in [1.165, 1.54) is 0 Å². The predicted molar refractivity (Wildman–Crippen MR) is 47.6 cm³/mol. The Hall–Kier alpha value is -0.900. The van der Waals surface area contributed by atoms with Crippen molar-refractivity contribution in [3.8, 4) is 0 Å². The van der Waals surface area contributed by atoms with Crippen molar-refractivity contribution in [2.24, 2.45) is 5.73 Å². The summed E-state index contributed by atoms with van der Waals surface area (Å²) in [6.07, 6.45) is 2.89. The maximum absolute atomic E-state index is 5.83. The fraction of sp³-hybridized carbons (Fsp3) is 0.750. The van der Waals surface area contributed by atoms with Crippen LogP contribution in [0.5, 0.6) is 0 Å². The van der Waals surface area contributed by atoms with Gasteiger partial charge >= 0.3 is 0 Å². The molecular formula is C8H16N4. The quantitative estimate of drug-likeness (QED) is 0.709. The van der Waals surface area contributed by atoms with Crippen LogP contribution in [0.15, 0.2) is 0 Å². The van der Waals surface area contributed by atoms with Gasteiger partial charge < -0.3 is 5.73 Å². The maximum atomic E-state index is 5.83. The van der Waals surface area contributed by atoms with Crippen LogP contribution in [-0.2, 0) is 6.42 Å². The number of rotatable bonds is 4. The van der Waals surface area contributed by atoms with Crippen LogP contribution >= 0.6 is 0 Å². The summed E-state index contributed by atoms with van der Waals surface area (Å²) in [6, 6.07) is -0.00782. The van der Waals surface area contributed by atoms with Crippen LogP contribution < -0.4 is 5.73 Å². The molecule has 12 heavy (non-hydrogen) atoms. The van der Waals surface area contributed by atoms with Gasteiger partial charge in [-0.2, -0.15) is 5.10 Å². The Morgan fingerprint density at radius 2 is 2.25 bits per heavy atom. The molecule has 0 aromatic carbocycles. The monoisotopic (exact) mass is 168 g/mol. The van der Waals surface area contributed by atoms with Crippen molar-refractivity contribution in [1.29, 1.82) is 0 Å². The van der Waals surface area contributed by atoms with Crippen molar-refractivity contribution in [2.45, 2.75) is 39.2 Å². The third kappa shape index (κ3) is 2.04. The summed E-state index contributed by atoms with van der Waals surface area (Å²) in [4.78, 5) is 4.26. The minimum absolute atomic E-state index is 0.00782. The lowest BCUT2D eigenvalue weighted by molar-refractivity contribution is 0.604. The summed E-state index contributed by atoms with van der Waals surface area (Å²) in [5, 5.41) is 6.90. The van der Waals surface area contributed by atoms with E-state index >= 15 is 0 Å². The number of aromatic nitrogens is 3. The van der Waals surface area contributed by atoms with Gasteiger partial charge in [-0.05, 0) is 6.42 Å². The van der Waals surface area contributed by atoms with Gasteiger partial charge in [0, 0.05) is 6.42 Å². The largest absolute Gasteiger partial charge is 0.321 e. The molecule has 1 aromatic heterocycles. The van der Waals surface area contributed by atoms with E-state index in [9.17, 15) is 0 Å². The van der Waals surface area contributed by atoms with Crippen molar-refractivity contribution in [3.05, 3.63) is 11.6 Å². The van der Waals surface area contributed by atoms with Crippen molar-refractivity contribution in [1.82, 2.24) is 15.2 Å². The van der Waals surface area contributed by atoms with Crippen LogP contribution in [0.4, 0.5) is 0 Å². The number of nitrogens with zero attached hydrogens (tertiary/aromatic N) is 2. The lowest BCUT2D eigenvalue weighted by atomic mass is 10.2. The van der Waals surface area contributed by atoms with Gasteiger partial charge in [0.15, 0.2) is 5.82 Å². The van der Waals surface area contributed by atoms with Gasteiger partial charge in [0.1, 0.15) is 5.82 Å². The summed E-state index contributed by atoms with van der Waals surface area (Å²) in [5.74, 6) is 1.66. The van der Waals surface area contributed by atoms with Gasteiger partial charge in [-0.1, -0.05) is 20.3 Å². The third-order valence-electron chi connectivity index (χ3n) is 1.82. The van der Waals surface area contributed by atoms with E-state index in [-0.39, 0.29) is 6.04 Å². The second kappa shape index (κ2) is 4.21. The first-order chi connectivity index (χ1) is 5.77. The smallest absolute Gasteiger partial charge is 0.167 e. The molecule has 4 heteroatoms. The topological polar surface area (TPSA) is 67.6 Å². The Labute approximate surface area is 72.6 Å². The molecule has 4 nitrogen and oxygen atoms in total. The van der Waals surface area contributed by atoms with Crippen LogP contribution in [0, 0.1) is 0 Å². The Morgan fingerprint density at radius 1 is 1.50 bits per heavy atom. The summed E-state index contributed by atoms with van der Waals surface area (Å²) in [5.41, 5.74) is 5.83. The highest BCUT2D eigenvalue weighted by Gasteiger charge is 2.09. The Bertz CT molecular complexity index is 231. The third-order valence-corrected chi connectivity index (χ3v) is 1.82. The van der Waals surface area contributed by atoms with Crippen molar-refractivity contribution < 1.29 is 0 Å². The standard InChI is InChI=1S/C8H16N4/c1-3-5-6(9)8-10-7(4-2)11-12-8/h6H,3-5,9H2,1-2H3,(H,10,11,12)/t6-/m0/s1. The number of H-pyrrole nitrogens is 1. The molecule has 1 atom stereocenters. The molecule has 0 unspecified atom stereocenters. The zero-order chi connectivity index (χ0) is 8.97. The number of hydrogen-bond acceptors (Lipinski definition) is 3. The predicted octanol–water partition coefficient (Wildman–Crippen LogP) is 1.17. The lowest BCUT2D eigenvalue weighted by Crippen LogP contribution is -2.11. The van der Waals surface area contributed by atoms with Crippen LogP contribution in [0.2, 0.25) is 0 Å². The molecule has 0 amide bonds. The van der Waals surface area contributed by atoms with E-state index in [0.29, 0.717) is 0 Å². The van der Waals surface area contributed by atoms with Gasteiger partial charge in [-0.3, -0.25) is 5.10 Å². The molecule has 3 N–H and O–H groups in total. The molecule has 0 radical (unpaired) electrons. The highest BCUT2D eigenvalue weighted by molar-refractivity contribution is 4.95. The first kappa shape index (κ1) is 9.19. The van der Waals surface area contributed by atoms with E-state index in [2.05, 4.69) is 22.1 Å². The van der Waals surface area contributed by atoms with Crippen LogP contribution in [0.3, 0.4) is 0 Å². The lowest BCUT2D eigenvalue weighted by Gasteiger charge is -2.03. The van der Waals surface area contributed by atoms with Crippen molar-refractivity contribution in [2.75, 3.05) is 0 Å². The molecule has 0 fully saturated rings. The summed E-state index contributed by atoms with van der Waals surface area (Å²) < 4.78 is 0. The molecule has 0 spiro atoms. The van der Waals surface area contributed by atoms with Gasteiger partial charge in [0.05, 0.1) is 6.04 Å². The fourth-order valence-electron chi connectivity index (χ4n) is 1.07. The highest BCUT2D eigenvalue weighted by Crippen LogP contribution is 2.10. The van der Waals surface area contributed by atoms with Crippen molar-refractivity contribution in [3.63, 3.8) is 0 Å². The first-order valence-corrected chi connectivity index (χ1v) is 4.44. The molecular weight excluding hydrogens is 152 g/mol. The normalized spacial score (nSPS) is 13.2. The molecule has 1 aromatic rings. The SMILES string of the molecule is CCC[C@H](N)c1n[nH]c(CC)n1. The van der Waals surface area contributed by atoms with E-state index in [1.54, 1.807) is 0 Å². The van der Waals surface area contributed by atoms with E-state index in [4.69, 9.17) is 5.73 Å². The van der Waals surface area contributed by atoms with Crippen molar-refractivity contribution >= 4 is 0 Å². The minimum Gasteiger partial charge on any atom is -0.321 e.